The zero-order valence-corrected chi connectivity index (χ0v) is 11.3. The summed E-state index contributed by atoms with van der Waals surface area (Å²) in [5, 5.41) is 9.80. The Bertz CT molecular complexity index is 351. The molecule has 3 heteroatoms. The number of hydrogen-bond acceptors (Lipinski definition) is 3. The van der Waals surface area contributed by atoms with Gasteiger partial charge in [-0.05, 0) is 38.8 Å². The molecule has 1 aliphatic heterocycles. The van der Waals surface area contributed by atoms with E-state index in [2.05, 4.69) is 4.90 Å². The highest BCUT2D eigenvalue weighted by Gasteiger charge is 2.24. The van der Waals surface area contributed by atoms with E-state index in [0.29, 0.717) is 6.10 Å². The van der Waals surface area contributed by atoms with Crippen LogP contribution in [0.3, 0.4) is 0 Å². The minimum absolute atomic E-state index is 0.311. The summed E-state index contributed by atoms with van der Waals surface area (Å²) in [5.41, 5.74) is -0.604. The van der Waals surface area contributed by atoms with Crippen molar-refractivity contribution in [2.75, 3.05) is 19.6 Å². The monoisotopic (exact) mass is 249 g/mol. The molecule has 100 valence electrons. The van der Waals surface area contributed by atoms with Crippen LogP contribution in [0.15, 0.2) is 30.3 Å². The van der Waals surface area contributed by atoms with Crippen LogP contribution in [0.1, 0.15) is 26.7 Å². The lowest BCUT2D eigenvalue weighted by molar-refractivity contribution is 0.0140. The lowest BCUT2D eigenvalue weighted by Gasteiger charge is -2.35. The molecule has 1 N–H and O–H groups in total. The van der Waals surface area contributed by atoms with E-state index in [9.17, 15) is 5.11 Å². The zero-order chi connectivity index (χ0) is 13.0. The van der Waals surface area contributed by atoms with Crippen LogP contribution in [0, 0.1) is 0 Å². The van der Waals surface area contributed by atoms with Crippen molar-refractivity contribution in [3.63, 3.8) is 0 Å². The van der Waals surface area contributed by atoms with Crippen LogP contribution in [0.4, 0.5) is 0 Å². The first-order valence-corrected chi connectivity index (χ1v) is 6.69. The Morgan fingerprint density at radius 2 is 1.83 bits per heavy atom. The Labute approximate surface area is 109 Å². The van der Waals surface area contributed by atoms with Gasteiger partial charge in [0, 0.05) is 19.6 Å². The van der Waals surface area contributed by atoms with Gasteiger partial charge in [-0.25, -0.2) is 0 Å². The second-order valence-electron chi connectivity index (χ2n) is 5.72. The summed E-state index contributed by atoms with van der Waals surface area (Å²) in [4.78, 5) is 2.31. The molecular weight excluding hydrogens is 226 g/mol. The third-order valence-corrected chi connectivity index (χ3v) is 3.19. The molecular formula is C15H23NO2. The molecule has 0 radical (unpaired) electrons. The Morgan fingerprint density at radius 3 is 2.39 bits per heavy atom. The predicted octanol–water partition coefficient (Wildman–Crippen LogP) is 2.30. The van der Waals surface area contributed by atoms with E-state index in [1.807, 2.05) is 44.2 Å². The molecule has 1 fully saturated rings. The second-order valence-corrected chi connectivity index (χ2v) is 5.72. The maximum absolute atomic E-state index is 9.80. The van der Waals surface area contributed by atoms with Gasteiger partial charge < -0.3 is 14.7 Å². The van der Waals surface area contributed by atoms with Gasteiger partial charge in [0.25, 0.3) is 0 Å². The van der Waals surface area contributed by atoms with Crippen molar-refractivity contribution in [1.29, 1.82) is 0 Å². The highest BCUT2D eigenvalue weighted by molar-refractivity contribution is 5.21. The third-order valence-electron chi connectivity index (χ3n) is 3.19. The molecule has 18 heavy (non-hydrogen) atoms. The number of para-hydroxylation sites is 1. The van der Waals surface area contributed by atoms with Crippen molar-refractivity contribution >= 4 is 0 Å². The van der Waals surface area contributed by atoms with Gasteiger partial charge in [-0.3, -0.25) is 0 Å². The molecule has 0 unspecified atom stereocenters. The Balaban J connectivity index is 1.77. The van der Waals surface area contributed by atoms with Gasteiger partial charge in [-0.15, -0.1) is 0 Å². The fourth-order valence-electron chi connectivity index (χ4n) is 2.42. The highest BCUT2D eigenvalue weighted by Crippen LogP contribution is 2.19. The zero-order valence-electron chi connectivity index (χ0n) is 11.3. The van der Waals surface area contributed by atoms with Crippen molar-refractivity contribution in [2.24, 2.45) is 0 Å². The van der Waals surface area contributed by atoms with E-state index >= 15 is 0 Å². The van der Waals surface area contributed by atoms with Gasteiger partial charge in [0.15, 0.2) is 0 Å². The van der Waals surface area contributed by atoms with Crippen molar-refractivity contribution < 1.29 is 9.84 Å². The predicted molar refractivity (Wildman–Crippen MR) is 72.8 cm³/mol. The quantitative estimate of drug-likeness (QED) is 0.888. The molecule has 0 amide bonds. The molecule has 1 heterocycles. The van der Waals surface area contributed by atoms with Crippen molar-refractivity contribution in [2.45, 2.75) is 38.4 Å². The number of piperidine rings is 1. The lowest BCUT2D eigenvalue weighted by atomic mass is 10.0. The maximum Gasteiger partial charge on any atom is 0.119 e. The number of ether oxygens (including phenoxy) is 1. The van der Waals surface area contributed by atoms with Gasteiger partial charge in [-0.2, -0.15) is 0 Å². The van der Waals surface area contributed by atoms with Crippen LogP contribution in [-0.2, 0) is 0 Å². The summed E-state index contributed by atoms with van der Waals surface area (Å²) in [6.07, 6.45) is 2.38. The number of nitrogens with zero attached hydrogens (tertiary/aromatic N) is 1. The number of likely N-dealkylation sites (tertiary alicyclic amines) is 1. The molecule has 1 saturated heterocycles. The van der Waals surface area contributed by atoms with Crippen LogP contribution < -0.4 is 4.74 Å². The van der Waals surface area contributed by atoms with Gasteiger partial charge in [0.1, 0.15) is 11.9 Å². The molecule has 1 aliphatic rings. The Morgan fingerprint density at radius 1 is 1.22 bits per heavy atom. The molecule has 0 aliphatic carbocycles. The third kappa shape index (κ3) is 4.31. The van der Waals surface area contributed by atoms with Crippen molar-refractivity contribution in [3.8, 4) is 5.75 Å². The topological polar surface area (TPSA) is 32.7 Å². The first-order valence-electron chi connectivity index (χ1n) is 6.69. The van der Waals surface area contributed by atoms with Crippen LogP contribution in [0.5, 0.6) is 5.75 Å². The van der Waals surface area contributed by atoms with E-state index in [0.717, 1.165) is 38.2 Å². The Hall–Kier alpha value is -1.06. The summed E-state index contributed by atoms with van der Waals surface area (Å²) in [6.45, 7) is 6.47. The summed E-state index contributed by atoms with van der Waals surface area (Å²) in [7, 11) is 0. The highest BCUT2D eigenvalue weighted by atomic mass is 16.5. The first kappa shape index (κ1) is 13.4. The Kier molecular flexibility index (Phi) is 4.25. The van der Waals surface area contributed by atoms with E-state index in [4.69, 9.17) is 4.74 Å². The molecule has 0 spiro atoms. The van der Waals surface area contributed by atoms with Crippen LogP contribution in [0.25, 0.3) is 0 Å². The van der Waals surface area contributed by atoms with Crippen molar-refractivity contribution in [1.82, 2.24) is 4.90 Å². The smallest absolute Gasteiger partial charge is 0.119 e. The molecule has 2 rings (SSSR count). The molecule has 1 aromatic carbocycles. The largest absolute Gasteiger partial charge is 0.490 e. The average Bonchev–Trinajstić information content (AvgIpc) is 2.31. The number of β-amino-alcohol motifs (C(OH)–C–C–N with tert-alkyl or cyclic N) is 1. The first-order chi connectivity index (χ1) is 8.53. The van der Waals surface area contributed by atoms with Crippen LogP contribution >= 0.6 is 0 Å². The summed E-state index contributed by atoms with van der Waals surface area (Å²) in [6, 6.07) is 10.0. The van der Waals surface area contributed by atoms with E-state index < -0.39 is 5.60 Å². The molecule has 0 saturated carbocycles. The van der Waals surface area contributed by atoms with Gasteiger partial charge >= 0.3 is 0 Å². The second kappa shape index (κ2) is 5.72. The minimum Gasteiger partial charge on any atom is -0.490 e. The SMILES string of the molecule is CC(C)(O)CN1CCC(Oc2ccccc2)CC1. The van der Waals surface area contributed by atoms with Gasteiger partial charge in [0.05, 0.1) is 5.60 Å². The number of rotatable bonds is 4. The van der Waals surface area contributed by atoms with E-state index in [1.165, 1.54) is 0 Å². The number of hydrogen-bond donors (Lipinski definition) is 1. The van der Waals surface area contributed by atoms with Crippen molar-refractivity contribution in [3.05, 3.63) is 30.3 Å². The fraction of sp³-hybridized carbons (Fsp3) is 0.600. The maximum atomic E-state index is 9.80. The standard InChI is InChI=1S/C15H23NO2/c1-15(2,17)12-16-10-8-14(9-11-16)18-13-6-4-3-5-7-13/h3-7,14,17H,8-12H2,1-2H3. The van der Waals surface area contributed by atoms with E-state index in [1.54, 1.807) is 0 Å². The molecule has 0 bridgehead atoms. The van der Waals surface area contributed by atoms with E-state index in [-0.39, 0.29) is 0 Å². The minimum atomic E-state index is -0.604. The average molecular weight is 249 g/mol. The number of benzene rings is 1. The summed E-state index contributed by atoms with van der Waals surface area (Å²) >= 11 is 0. The molecule has 3 nitrogen and oxygen atoms in total. The summed E-state index contributed by atoms with van der Waals surface area (Å²) in [5.74, 6) is 0.957. The molecule has 0 aromatic heterocycles. The lowest BCUT2D eigenvalue weighted by Crippen LogP contribution is -2.45. The molecule has 0 atom stereocenters. The summed E-state index contributed by atoms with van der Waals surface area (Å²) < 4.78 is 5.94. The fourth-order valence-corrected chi connectivity index (χ4v) is 2.42. The molecule has 1 aromatic rings. The van der Waals surface area contributed by atoms with Gasteiger partial charge in [-0.1, -0.05) is 18.2 Å². The normalized spacial score (nSPS) is 18.8. The van der Waals surface area contributed by atoms with Gasteiger partial charge in [0.2, 0.25) is 0 Å². The number of aliphatic hydroxyl groups is 1. The van der Waals surface area contributed by atoms with Crippen LogP contribution in [-0.4, -0.2) is 41.3 Å². The van der Waals surface area contributed by atoms with Crippen LogP contribution in [0.2, 0.25) is 0 Å².